The van der Waals surface area contributed by atoms with E-state index >= 15 is 0 Å². The maximum Gasteiger partial charge on any atom is 0.0794 e. The highest BCUT2D eigenvalue weighted by molar-refractivity contribution is 4.82. The fourth-order valence-electron chi connectivity index (χ4n) is 0.997. The predicted molar refractivity (Wildman–Crippen MR) is 36.1 cm³/mol. The van der Waals surface area contributed by atoms with E-state index in [0.717, 1.165) is 13.1 Å². The third-order valence-corrected chi connectivity index (χ3v) is 1.85. The average Bonchev–Trinajstić information content (AvgIpc) is 1.79. The van der Waals surface area contributed by atoms with Gasteiger partial charge in [0, 0.05) is 25.7 Å². The Balaban J connectivity index is 2.15. The highest BCUT2D eigenvalue weighted by Gasteiger charge is 2.27. The summed E-state index contributed by atoms with van der Waals surface area (Å²) in [5.74, 6) is 0. The van der Waals surface area contributed by atoms with E-state index in [2.05, 4.69) is 11.8 Å². The average molecular weight is 130 g/mol. The Morgan fingerprint density at radius 3 is 2.67 bits per heavy atom. The van der Waals surface area contributed by atoms with Gasteiger partial charge in [-0.2, -0.15) is 0 Å². The highest BCUT2D eigenvalue weighted by Crippen LogP contribution is 2.10. The van der Waals surface area contributed by atoms with Gasteiger partial charge in [-0.1, -0.05) is 0 Å². The Hall–Kier alpha value is -0.120. The first-order chi connectivity index (χ1) is 4.24. The van der Waals surface area contributed by atoms with E-state index in [4.69, 9.17) is 10.8 Å². The van der Waals surface area contributed by atoms with Gasteiger partial charge in [-0.15, -0.1) is 0 Å². The van der Waals surface area contributed by atoms with E-state index in [1.165, 1.54) is 0 Å². The van der Waals surface area contributed by atoms with Crippen LogP contribution in [-0.2, 0) is 0 Å². The first kappa shape index (κ1) is 6.99. The van der Waals surface area contributed by atoms with E-state index in [9.17, 15) is 0 Å². The van der Waals surface area contributed by atoms with Crippen molar-refractivity contribution in [2.45, 2.75) is 19.1 Å². The molecular weight excluding hydrogens is 116 g/mol. The lowest BCUT2D eigenvalue weighted by Crippen LogP contribution is -2.56. The molecule has 1 rings (SSSR count). The number of β-amino-alcohol motifs (C(OH)–C–C–N with tert-alkyl or cyclic N) is 1. The Morgan fingerprint density at radius 1 is 1.78 bits per heavy atom. The third kappa shape index (κ3) is 1.41. The number of aliphatic hydroxyl groups excluding tert-OH is 1. The second kappa shape index (κ2) is 2.64. The molecule has 0 aliphatic carbocycles. The molecular formula is C6H14N2O. The molecule has 0 aromatic carbocycles. The van der Waals surface area contributed by atoms with Crippen LogP contribution < -0.4 is 5.73 Å². The molecule has 3 nitrogen and oxygen atoms in total. The predicted octanol–water partition coefficient (Wildman–Crippen LogP) is -0.990. The smallest absolute Gasteiger partial charge is 0.0794 e. The van der Waals surface area contributed by atoms with E-state index in [-0.39, 0.29) is 6.10 Å². The van der Waals surface area contributed by atoms with Crippen LogP contribution in [0.5, 0.6) is 0 Å². The molecule has 0 aromatic rings. The molecule has 3 N–H and O–H groups in total. The van der Waals surface area contributed by atoms with Crippen molar-refractivity contribution in [2.75, 3.05) is 19.6 Å². The van der Waals surface area contributed by atoms with Crippen LogP contribution in [0.4, 0.5) is 0 Å². The summed E-state index contributed by atoms with van der Waals surface area (Å²) in [5.41, 5.74) is 5.40. The molecule has 0 amide bonds. The van der Waals surface area contributed by atoms with Crippen LogP contribution in [0.25, 0.3) is 0 Å². The minimum absolute atomic E-state index is 0.0981. The fourth-order valence-corrected chi connectivity index (χ4v) is 0.997. The Kier molecular flexibility index (Phi) is 2.05. The number of rotatable bonds is 2. The zero-order valence-electron chi connectivity index (χ0n) is 5.75. The summed E-state index contributed by atoms with van der Waals surface area (Å²) in [6, 6.07) is 0.438. The van der Waals surface area contributed by atoms with E-state index in [1.807, 2.05) is 0 Å². The molecule has 1 saturated heterocycles. The number of hydrogen-bond acceptors (Lipinski definition) is 3. The second-order valence-electron chi connectivity index (χ2n) is 2.69. The summed E-state index contributed by atoms with van der Waals surface area (Å²) in [6.07, 6.45) is -0.0981. The molecule has 1 aliphatic heterocycles. The van der Waals surface area contributed by atoms with Gasteiger partial charge in [0.1, 0.15) is 0 Å². The lowest BCUT2D eigenvalue weighted by molar-refractivity contribution is -0.0182. The van der Waals surface area contributed by atoms with Gasteiger partial charge in [0.05, 0.1) is 6.10 Å². The molecule has 1 atom stereocenters. The molecule has 0 radical (unpaired) electrons. The van der Waals surface area contributed by atoms with Crippen LogP contribution in [0.1, 0.15) is 6.92 Å². The standard InChI is InChI=1S/C6H14N2O/c1-5(2-7)8-3-6(9)4-8/h5-6,9H,2-4,7H2,1H3. The lowest BCUT2D eigenvalue weighted by Gasteiger charge is -2.39. The maximum absolute atomic E-state index is 8.88. The summed E-state index contributed by atoms with van der Waals surface area (Å²) in [6.45, 7) is 4.37. The van der Waals surface area contributed by atoms with Crippen molar-refractivity contribution >= 4 is 0 Å². The van der Waals surface area contributed by atoms with Gasteiger partial charge in [0.2, 0.25) is 0 Å². The number of nitrogens with zero attached hydrogens (tertiary/aromatic N) is 1. The largest absolute Gasteiger partial charge is 0.390 e. The molecule has 1 fully saturated rings. The van der Waals surface area contributed by atoms with E-state index in [0.29, 0.717) is 12.6 Å². The highest BCUT2D eigenvalue weighted by atomic mass is 16.3. The van der Waals surface area contributed by atoms with Crippen molar-refractivity contribution in [3.63, 3.8) is 0 Å². The molecule has 3 heteroatoms. The third-order valence-electron chi connectivity index (χ3n) is 1.85. The Bertz CT molecular complexity index is 91.1. The number of likely N-dealkylation sites (tertiary alicyclic amines) is 1. The van der Waals surface area contributed by atoms with E-state index < -0.39 is 0 Å². The molecule has 54 valence electrons. The van der Waals surface area contributed by atoms with Gasteiger partial charge in [0.15, 0.2) is 0 Å². The van der Waals surface area contributed by atoms with Gasteiger partial charge in [-0.05, 0) is 6.92 Å². The minimum Gasteiger partial charge on any atom is -0.390 e. The van der Waals surface area contributed by atoms with Gasteiger partial charge >= 0.3 is 0 Å². The van der Waals surface area contributed by atoms with Crippen molar-refractivity contribution in [3.05, 3.63) is 0 Å². The Labute approximate surface area is 55.5 Å². The van der Waals surface area contributed by atoms with Crippen LogP contribution in [-0.4, -0.2) is 41.8 Å². The van der Waals surface area contributed by atoms with Crippen molar-refractivity contribution < 1.29 is 5.11 Å². The molecule has 0 saturated carbocycles. The molecule has 0 bridgehead atoms. The first-order valence-electron chi connectivity index (χ1n) is 3.36. The van der Waals surface area contributed by atoms with Gasteiger partial charge < -0.3 is 10.8 Å². The molecule has 1 unspecified atom stereocenters. The zero-order chi connectivity index (χ0) is 6.85. The van der Waals surface area contributed by atoms with Gasteiger partial charge in [0.25, 0.3) is 0 Å². The molecule has 1 heterocycles. The topological polar surface area (TPSA) is 49.5 Å². The van der Waals surface area contributed by atoms with Crippen molar-refractivity contribution in [1.82, 2.24) is 4.90 Å². The van der Waals surface area contributed by atoms with Crippen molar-refractivity contribution in [1.29, 1.82) is 0 Å². The lowest BCUT2D eigenvalue weighted by atomic mass is 10.1. The van der Waals surface area contributed by atoms with Gasteiger partial charge in [-0.25, -0.2) is 0 Å². The molecule has 1 aliphatic rings. The summed E-state index contributed by atoms with van der Waals surface area (Å²) in [5, 5.41) is 8.88. The fraction of sp³-hybridized carbons (Fsp3) is 1.00. The zero-order valence-corrected chi connectivity index (χ0v) is 5.75. The van der Waals surface area contributed by atoms with Crippen LogP contribution in [0.2, 0.25) is 0 Å². The second-order valence-corrected chi connectivity index (χ2v) is 2.69. The van der Waals surface area contributed by atoms with Crippen LogP contribution >= 0.6 is 0 Å². The first-order valence-corrected chi connectivity index (χ1v) is 3.36. The van der Waals surface area contributed by atoms with Crippen molar-refractivity contribution in [2.24, 2.45) is 5.73 Å². The number of aliphatic hydroxyl groups is 1. The van der Waals surface area contributed by atoms with E-state index in [1.54, 1.807) is 0 Å². The summed E-state index contributed by atoms with van der Waals surface area (Å²) >= 11 is 0. The summed E-state index contributed by atoms with van der Waals surface area (Å²) < 4.78 is 0. The SMILES string of the molecule is CC(CN)N1CC(O)C1. The molecule has 0 aromatic heterocycles. The van der Waals surface area contributed by atoms with Crippen LogP contribution in [0.3, 0.4) is 0 Å². The maximum atomic E-state index is 8.88. The number of nitrogens with two attached hydrogens (primary N) is 1. The summed E-state index contributed by atoms with van der Waals surface area (Å²) in [4.78, 5) is 2.17. The summed E-state index contributed by atoms with van der Waals surface area (Å²) in [7, 11) is 0. The van der Waals surface area contributed by atoms with Crippen molar-refractivity contribution in [3.8, 4) is 0 Å². The minimum atomic E-state index is -0.0981. The number of hydrogen-bond donors (Lipinski definition) is 2. The Morgan fingerprint density at radius 2 is 2.33 bits per heavy atom. The molecule has 0 spiro atoms. The molecule has 9 heavy (non-hydrogen) atoms. The van der Waals surface area contributed by atoms with Crippen LogP contribution in [0, 0.1) is 0 Å². The van der Waals surface area contributed by atoms with Gasteiger partial charge in [-0.3, -0.25) is 4.90 Å². The van der Waals surface area contributed by atoms with Crippen LogP contribution in [0.15, 0.2) is 0 Å². The normalized spacial score (nSPS) is 25.7. The monoisotopic (exact) mass is 130 g/mol. The quantitative estimate of drug-likeness (QED) is 0.504.